The van der Waals surface area contributed by atoms with Crippen LogP contribution in [0.15, 0.2) is 24.3 Å². The summed E-state index contributed by atoms with van der Waals surface area (Å²) >= 11 is 0. The van der Waals surface area contributed by atoms with Crippen molar-refractivity contribution in [3.05, 3.63) is 29.8 Å². The molecule has 0 radical (unpaired) electrons. The first-order valence-corrected chi connectivity index (χ1v) is 7.44. The second-order valence-corrected chi connectivity index (χ2v) is 7.09. The molecule has 0 aliphatic rings. The number of nitrogens with one attached hydrogen (secondary N) is 1. The fourth-order valence-electron chi connectivity index (χ4n) is 1.60. The second-order valence-electron chi connectivity index (χ2n) is 7.09. The lowest BCUT2D eigenvalue weighted by molar-refractivity contribution is 0.0425. The van der Waals surface area contributed by atoms with Crippen molar-refractivity contribution in [1.82, 2.24) is 5.43 Å². The standard InChI is InChI=1S/C17H23N3O4/c1-16(2,3)23-14(21)19-20(15(22)24-17(4,5)6)13-9-7-12(11-18)8-10-13/h7-10H,1-6H3,(H,19,21). The van der Waals surface area contributed by atoms with E-state index in [1.807, 2.05) is 6.07 Å². The Morgan fingerprint density at radius 3 is 1.92 bits per heavy atom. The number of hydrogen-bond donors (Lipinski definition) is 1. The van der Waals surface area contributed by atoms with E-state index in [0.29, 0.717) is 11.3 Å². The third kappa shape index (κ3) is 6.57. The van der Waals surface area contributed by atoms with E-state index in [9.17, 15) is 9.59 Å². The quantitative estimate of drug-likeness (QED) is 0.790. The highest BCUT2D eigenvalue weighted by atomic mass is 16.6. The van der Waals surface area contributed by atoms with Crippen molar-refractivity contribution in [3.8, 4) is 6.07 Å². The molecule has 2 amide bonds. The highest BCUT2D eigenvalue weighted by Crippen LogP contribution is 2.18. The largest absolute Gasteiger partial charge is 0.443 e. The van der Waals surface area contributed by atoms with Crippen molar-refractivity contribution in [2.75, 3.05) is 5.01 Å². The van der Waals surface area contributed by atoms with Gasteiger partial charge in [-0.2, -0.15) is 10.3 Å². The maximum Gasteiger partial charge on any atom is 0.434 e. The van der Waals surface area contributed by atoms with E-state index < -0.39 is 23.4 Å². The van der Waals surface area contributed by atoms with Gasteiger partial charge < -0.3 is 9.47 Å². The van der Waals surface area contributed by atoms with E-state index in [2.05, 4.69) is 5.43 Å². The lowest BCUT2D eigenvalue weighted by atomic mass is 10.2. The number of benzene rings is 1. The van der Waals surface area contributed by atoms with Gasteiger partial charge in [0, 0.05) is 0 Å². The fraction of sp³-hybridized carbons (Fsp3) is 0.471. The van der Waals surface area contributed by atoms with Crippen LogP contribution in [0.25, 0.3) is 0 Å². The van der Waals surface area contributed by atoms with E-state index >= 15 is 0 Å². The highest BCUT2D eigenvalue weighted by Gasteiger charge is 2.27. The first-order chi connectivity index (χ1) is 10.9. The molecule has 24 heavy (non-hydrogen) atoms. The molecule has 0 aliphatic carbocycles. The van der Waals surface area contributed by atoms with E-state index in [1.54, 1.807) is 41.5 Å². The summed E-state index contributed by atoms with van der Waals surface area (Å²) in [6.07, 6.45) is -1.56. The maximum atomic E-state index is 12.4. The molecule has 0 fully saturated rings. The minimum Gasteiger partial charge on any atom is -0.443 e. The summed E-state index contributed by atoms with van der Waals surface area (Å²) in [7, 11) is 0. The number of nitriles is 1. The normalized spacial score (nSPS) is 11.2. The van der Waals surface area contributed by atoms with Gasteiger partial charge in [-0.3, -0.25) is 0 Å². The lowest BCUT2D eigenvalue weighted by Crippen LogP contribution is -2.50. The van der Waals surface area contributed by atoms with Gasteiger partial charge in [0.25, 0.3) is 0 Å². The molecule has 0 saturated carbocycles. The van der Waals surface area contributed by atoms with E-state index in [-0.39, 0.29) is 0 Å². The zero-order valence-corrected chi connectivity index (χ0v) is 14.8. The summed E-state index contributed by atoms with van der Waals surface area (Å²) in [5.41, 5.74) is 1.68. The number of nitrogens with zero attached hydrogens (tertiary/aromatic N) is 2. The van der Waals surface area contributed by atoms with Gasteiger partial charge in [0.2, 0.25) is 0 Å². The van der Waals surface area contributed by atoms with Gasteiger partial charge in [-0.15, -0.1) is 0 Å². The molecule has 1 N–H and O–H groups in total. The molecule has 7 nitrogen and oxygen atoms in total. The Morgan fingerprint density at radius 2 is 1.50 bits per heavy atom. The predicted octanol–water partition coefficient (Wildman–Crippen LogP) is 3.74. The number of rotatable bonds is 1. The Bertz CT molecular complexity index is 634. The van der Waals surface area contributed by atoms with Gasteiger partial charge in [-0.25, -0.2) is 15.0 Å². The van der Waals surface area contributed by atoms with Crippen molar-refractivity contribution >= 4 is 17.9 Å². The minimum atomic E-state index is -0.794. The van der Waals surface area contributed by atoms with Crippen LogP contribution >= 0.6 is 0 Å². The molecule has 0 atom stereocenters. The number of amides is 2. The van der Waals surface area contributed by atoms with Crippen molar-refractivity contribution in [1.29, 1.82) is 5.26 Å². The molecule has 1 aromatic carbocycles. The van der Waals surface area contributed by atoms with Crippen LogP contribution < -0.4 is 10.4 Å². The summed E-state index contributed by atoms with van der Waals surface area (Å²) in [4.78, 5) is 24.4. The number of hydrazine groups is 1. The molecule has 130 valence electrons. The molecule has 0 bridgehead atoms. The molecule has 0 heterocycles. The monoisotopic (exact) mass is 333 g/mol. The number of ether oxygens (including phenoxy) is 2. The Labute approximate surface area is 142 Å². The summed E-state index contributed by atoms with van der Waals surface area (Å²) in [5, 5.41) is 9.80. The first-order valence-electron chi connectivity index (χ1n) is 7.44. The minimum absolute atomic E-state index is 0.342. The van der Waals surface area contributed by atoms with Gasteiger partial charge >= 0.3 is 12.2 Å². The van der Waals surface area contributed by atoms with Crippen LogP contribution in [0, 0.1) is 11.3 Å². The van der Waals surface area contributed by atoms with Gasteiger partial charge in [0.05, 0.1) is 17.3 Å². The van der Waals surface area contributed by atoms with Crippen LogP contribution in [0.2, 0.25) is 0 Å². The van der Waals surface area contributed by atoms with Crippen LogP contribution in [0.4, 0.5) is 15.3 Å². The van der Waals surface area contributed by atoms with Crippen molar-refractivity contribution in [2.24, 2.45) is 0 Å². The SMILES string of the molecule is CC(C)(C)OC(=O)NN(C(=O)OC(C)(C)C)c1ccc(C#N)cc1. The van der Waals surface area contributed by atoms with E-state index in [4.69, 9.17) is 14.7 Å². The molecule has 0 aromatic heterocycles. The predicted molar refractivity (Wildman–Crippen MR) is 89.2 cm³/mol. The number of carbonyl (C=O) groups excluding carboxylic acids is 2. The van der Waals surface area contributed by atoms with E-state index in [1.165, 1.54) is 24.3 Å². The Kier molecular flexibility index (Phi) is 5.80. The molecule has 0 spiro atoms. The van der Waals surface area contributed by atoms with Crippen LogP contribution in [-0.2, 0) is 9.47 Å². The van der Waals surface area contributed by atoms with Gasteiger partial charge in [-0.1, -0.05) is 0 Å². The maximum absolute atomic E-state index is 12.4. The Hall–Kier alpha value is -2.75. The fourth-order valence-corrected chi connectivity index (χ4v) is 1.60. The third-order valence-electron chi connectivity index (χ3n) is 2.43. The summed E-state index contributed by atoms with van der Waals surface area (Å²) < 4.78 is 10.5. The lowest BCUT2D eigenvalue weighted by Gasteiger charge is -2.28. The number of hydrogen-bond acceptors (Lipinski definition) is 5. The summed E-state index contributed by atoms with van der Waals surface area (Å²) in [5.74, 6) is 0. The van der Waals surface area contributed by atoms with Gasteiger partial charge in [0.15, 0.2) is 0 Å². The average Bonchev–Trinajstić information content (AvgIpc) is 2.41. The highest BCUT2D eigenvalue weighted by molar-refractivity contribution is 5.90. The van der Waals surface area contributed by atoms with Crippen LogP contribution in [0.1, 0.15) is 47.1 Å². The van der Waals surface area contributed by atoms with Gasteiger partial charge in [-0.05, 0) is 65.8 Å². The summed E-state index contributed by atoms with van der Waals surface area (Å²) in [6.45, 7) is 10.3. The van der Waals surface area contributed by atoms with Crippen molar-refractivity contribution in [2.45, 2.75) is 52.7 Å². The van der Waals surface area contributed by atoms with Gasteiger partial charge in [0.1, 0.15) is 11.2 Å². The first kappa shape index (κ1) is 19.3. The molecule has 0 saturated heterocycles. The molecule has 0 unspecified atom stereocenters. The zero-order chi connectivity index (χ0) is 18.5. The molecule has 7 heteroatoms. The Morgan fingerprint density at radius 1 is 1.00 bits per heavy atom. The number of anilines is 1. The molecule has 1 aromatic rings. The zero-order valence-electron chi connectivity index (χ0n) is 14.8. The molecule has 1 rings (SSSR count). The van der Waals surface area contributed by atoms with Crippen molar-refractivity contribution in [3.63, 3.8) is 0 Å². The number of carbonyl (C=O) groups is 2. The molecular weight excluding hydrogens is 310 g/mol. The molecular formula is C17H23N3O4. The van der Waals surface area contributed by atoms with Crippen LogP contribution in [0.3, 0.4) is 0 Å². The summed E-state index contributed by atoms with van der Waals surface area (Å²) in [6, 6.07) is 8.10. The van der Waals surface area contributed by atoms with E-state index in [0.717, 1.165) is 5.01 Å². The topological polar surface area (TPSA) is 91.7 Å². The average molecular weight is 333 g/mol. The van der Waals surface area contributed by atoms with Crippen LogP contribution in [0.5, 0.6) is 0 Å². The Balaban J connectivity index is 3.04. The molecule has 0 aliphatic heterocycles. The third-order valence-corrected chi connectivity index (χ3v) is 2.43. The second kappa shape index (κ2) is 7.21. The smallest absolute Gasteiger partial charge is 0.434 e. The van der Waals surface area contributed by atoms with Crippen LogP contribution in [-0.4, -0.2) is 23.4 Å². The van der Waals surface area contributed by atoms with Crippen molar-refractivity contribution < 1.29 is 19.1 Å².